The molecule has 5 nitrogen and oxygen atoms in total. The quantitative estimate of drug-likeness (QED) is 0.910. The van der Waals surface area contributed by atoms with Crippen molar-refractivity contribution in [3.8, 4) is 0 Å². The number of pyridine rings is 1. The number of carbonyl (C=O) groups is 1. The molecule has 0 saturated carbocycles. The van der Waals surface area contributed by atoms with Gasteiger partial charge in [0, 0.05) is 50.5 Å². The summed E-state index contributed by atoms with van der Waals surface area (Å²) in [5, 5.41) is 3.03. The van der Waals surface area contributed by atoms with Crippen LogP contribution in [0.25, 0.3) is 0 Å². The second-order valence-corrected chi connectivity index (χ2v) is 6.99. The van der Waals surface area contributed by atoms with E-state index in [1.165, 1.54) is 12.0 Å². The molecule has 2 fully saturated rings. The topological polar surface area (TPSA) is 48.5 Å². The van der Waals surface area contributed by atoms with Gasteiger partial charge in [-0.3, -0.25) is 14.7 Å². The number of carbonyl (C=O) groups excluding carboxylic acids is 1. The first-order valence-electron chi connectivity index (χ1n) is 8.77. The van der Waals surface area contributed by atoms with Crippen LogP contribution in [-0.2, 0) is 11.2 Å². The van der Waals surface area contributed by atoms with Crippen molar-refractivity contribution in [2.75, 3.05) is 39.8 Å². The number of aromatic nitrogens is 1. The summed E-state index contributed by atoms with van der Waals surface area (Å²) in [6.07, 6.45) is 8.76. The number of hydrogen-bond acceptors (Lipinski definition) is 4. The Morgan fingerprint density at radius 2 is 2.26 bits per heavy atom. The Kier molecular flexibility index (Phi) is 5.28. The second kappa shape index (κ2) is 7.41. The third kappa shape index (κ3) is 4.09. The highest BCUT2D eigenvalue weighted by atomic mass is 16.1. The standard InChI is InChI=1S/C18H28N4O/c1-21-12-13-22(11-3-5-16-4-2-9-19-14-16)15-18(21)7-6-17(23)20-10-8-18/h2,4,9,14H,3,5-8,10-13,15H2,1H3,(H,20,23)/t18-/m1/s1. The van der Waals surface area contributed by atoms with Crippen molar-refractivity contribution in [2.24, 2.45) is 0 Å². The fourth-order valence-electron chi connectivity index (χ4n) is 3.92. The summed E-state index contributed by atoms with van der Waals surface area (Å²) in [4.78, 5) is 20.9. The van der Waals surface area contributed by atoms with Gasteiger partial charge in [0.05, 0.1) is 0 Å². The normalized spacial score (nSPS) is 26.9. The molecule has 3 heterocycles. The molecule has 2 aliphatic rings. The van der Waals surface area contributed by atoms with Gasteiger partial charge in [-0.2, -0.15) is 0 Å². The van der Waals surface area contributed by atoms with Gasteiger partial charge in [0.25, 0.3) is 0 Å². The Balaban J connectivity index is 1.54. The van der Waals surface area contributed by atoms with Gasteiger partial charge in [-0.1, -0.05) is 6.07 Å². The van der Waals surface area contributed by atoms with Crippen molar-refractivity contribution in [1.29, 1.82) is 0 Å². The lowest BCUT2D eigenvalue weighted by molar-refractivity contribution is -0.121. The smallest absolute Gasteiger partial charge is 0.220 e. The highest BCUT2D eigenvalue weighted by Crippen LogP contribution is 2.30. The molecule has 0 unspecified atom stereocenters. The number of hydrogen-bond donors (Lipinski definition) is 1. The van der Waals surface area contributed by atoms with Crippen LogP contribution in [-0.4, -0.2) is 66.0 Å². The number of piperazine rings is 1. The Morgan fingerprint density at radius 1 is 1.35 bits per heavy atom. The van der Waals surface area contributed by atoms with Gasteiger partial charge in [0.1, 0.15) is 0 Å². The van der Waals surface area contributed by atoms with E-state index in [1.807, 2.05) is 18.5 Å². The van der Waals surface area contributed by atoms with Gasteiger partial charge in [-0.15, -0.1) is 0 Å². The number of amides is 1. The summed E-state index contributed by atoms with van der Waals surface area (Å²) in [6, 6.07) is 4.16. The van der Waals surface area contributed by atoms with Crippen LogP contribution < -0.4 is 5.32 Å². The van der Waals surface area contributed by atoms with Crippen LogP contribution in [0, 0.1) is 0 Å². The Morgan fingerprint density at radius 3 is 3.09 bits per heavy atom. The minimum absolute atomic E-state index is 0.172. The lowest BCUT2D eigenvalue weighted by Crippen LogP contribution is -2.61. The SMILES string of the molecule is CN1CCN(CCCc2cccnc2)C[C@@]12CCNC(=O)CC2. The number of aryl methyl sites for hydroxylation is 1. The van der Waals surface area contributed by atoms with Gasteiger partial charge in [0.15, 0.2) is 0 Å². The zero-order valence-corrected chi connectivity index (χ0v) is 14.1. The molecule has 2 saturated heterocycles. The monoisotopic (exact) mass is 316 g/mol. The minimum Gasteiger partial charge on any atom is -0.356 e. The van der Waals surface area contributed by atoms with Crippen molar-refractivity contribution in [1.82, 2.24) is 20.1 Å². The molecule has 126 valence electrons. The van der Waals surface area contributed by atoms with Crippen molar-refractivity contribution in [2.45, 2.75) is 37.6 Å². The Bertz CT molecular complexity index is 521. The first-order valence-corrected chi connectivity index (χ1v) is 8.77. The predicted molar refractivity (Wildman–Crippen MR) is 91.2 cm³/mol. The molecule has 0 aromatic carbocycles. The van der Waals surface area contributed by atoms with Crippen molar-refractivity contribution >= 4 is 5.91 Å². The van der Waals surface area contributed by atoms with Crippen molar-refractivity contribution < 1.29 is 4.79 Å². The molecule has 1 amide bonds. The summed E-state index contributed by atoms with van der Waals surface area (Å²) < 4.78 is 0. The lowest BCUT2D eigenvalue weighted by Gasteiger charge is -2.49. The van der Waals surface area contributed by atoms with E-state index in [2.05, 4.69) is 33.2 Å². The minimum atomic E-state index is 0.172. The Hall–Kier alpha value is -1.46. The molecule has 5 heteroatoms. The third-order valence-corrected chi connectivity index (χ3v) is 5.47. The molecule has 3 rings (SSSR count). The van der Waals surface area contributed by atoms with Crippen LogP contribution in [0.2, 0.25) is 0 Å². The van der Waals surface area contributed by atoms with Gasteiger partial charge in [-0.25, -0.2) is 0 Å². The number of nitrogens with zero attached hydrogens (tertiary/aromatic N) is 3. The van der Waals surface area contributed by atoms with Crippen molar-refractivity contribution in [3.05, 3.63) is 30.1 Å². The number of nitrogens with one attached hydrogen (secondary N) is 1. The van der Waals surface area contributed by atoms with E-state index in [0.29, 0.717) is 6.42 Å². The Labute approximate surface area is 139 Å². The summed E-state index contributed by atoms with van der Waals surface area (Å²) in [5.74, 6) is 0.212. The van der Waals surface area contributed by atoms with E-state index in [9.17, 15) is 4.79 Å². The zero-order valence-electron chi connectivity index (χ0n) is 14.1. The summed E-state index contributed by atoms with van der Waals surface area (Å²) in [7, 11) is 2.22. The van der Waals surface area contributed by atoms with E-state index in [-0.39, 0.29) is 11.4 Å². The fraction of sp³-hybridized carbons (Fsp3) is 0.667. The molecule has 23 heavy (non-hydrogen) atoms. The summed E-state index contributed by atoms with van der Waals surface area (Å²) >= 11 is 0. The van der Waals surface area contributed by atoms with E-state index in [1.54, 1.807) is 0 Å². The van der Waals surface area contributed by atoms with Crippen molar-refractivity contribution in [3.63, 3.8) is 0 Å². The highest BCUT2D eigenvalue weighted by molar-refractivity contribution is 5.76. The van der Waals surface area contributed by atoms with Crippen LogP contribution >= 0.6 is 0 Å². The van der Waals surface area contributed by atoms with Crippen LogP contribution in [0.3, 0.4) is 0 Å². The second-order valence-electron chi connectivity index (χ2n) is 6.99. The number of rotatable bonds is 4. The van der Waals surface area contributed by atoms with Crippen LogP contribution in [0.4, 0.5) is 0 Å². The molecular formula is C18H28N4O. The molecular weight excluding hydrogens is 288 g/mol. The van der Waals surface area contributed by atoms with E-state index in [4.69, 9.17) is 0 Å². The highest BCUT2D eigenvalue weighted by Gasteiger charge is 2.40. The van der Waals surface area contributed by atoms with E-state index < -0.39 is 0 Å². The number of likely N-dealkylation sites (N-methyl/N-ethyl adjacent to an activating group) is 1. The van der Waals surface area contributed by atoms with Gasteiger partial charge < -0.3 is 10.2 Å². The molecule has 1 N–H and O–H groups in total. The van der Waals surface area contributed by atoms with Crippen LogP contribution in [0.15, 0.2) is 24.5 Å². The zero-order chi connectivity index (χ0) is 16.1. The van der Waals surface area contributed by atoms with Gasteiger partial charge in [0.2, 0.25) is 5.91 Å². The molecule has 2 aliphatic heterocycles. The first kappa shape index (κ1) is 16.4. The third-order valence-electron chi connectivity index (χ3n) is 5.47. The maximum atomic E-state index is 11.7. The molecule has 0 radical (unpaired) electrons. The molecule has 1 atom stereocenters. The predicted octanol–water partition coefficient (Wildman–Crippen LogP) is 1.30. The van der Waals surface area contributed by atoms with E-state index in [0.717, 1.165) is 52.0 Å². The average molecular weight is 316 g/mol. The lowest BCUT2D eigenvalue weighted by atomic mass is 9.86. The maximum absolute atomic E-state index is 11.7. The van der Waals surface area contributed by atoms with E-state index >= 15 is 0 Å². The fourth-order valence-corrected chi connectivity index (χ4v) is 3.92. The molecule has 1 spiro atoms. The average Bonchev–Trinajstić information content (AvgIpc) is 2.75. The largest absolute Gasteiger partial charge is 0.356 e. The van der Waals surface area contributed by atoms with Crippen LogP contribution in [0.5, 0.6) is 0 Å². The van der Waals surface area contributed by atoms with Crippen LogP contribution in [0.1, 0.15) is 31.2 Å². The first-order chi connectivity index (χ1) is 11.2. The summed E-state index contributed by atoms with van der Waals surface area (Å²) in [5.41, 5.74) is 1.49. The molecule has 0 aliphatic carbocycles. The molecule has 1 aromatic rings. The molecule has 1 aromatic heterocycles. The maximum Gasteiger partial charge on any atom is 0.220 e. The summed E-state index contributed by atoms with van der Waals surface area (Å²) in [6.45, 7) is 5.26. The van der Waals surface area contributed by atoms with Gasteiger partial charge in [-0.05, 0) is 50.9 Å². The van der Waals surface area contributed by atoms with Gasteiger partial charge >= 0.3 is 0 Å². The molecule has 0 bridgehead atoms.